The molecular formula is C19H22N2. The van der Waals surface area contributed by atoms with Crippen LogP contribution in [0.5, 0.6) is 0 Å². The fourth-order valence-corrected chi connectivity index (χ4v) is 2.81. The van der Waals surface area contributed by atoms with Crippen molar-refractivity contribution in [3.8, 4) is 0 Å². The number of rotatable bonds is 5. The van der Waals surface area contributed by atoms with E-state index in [0.29, 0.717) is 0 Å². The summed E-state index contributed by atoms with van der Waals surface area (Å²) in [5, 5.41) is 1.35. The predicted molar refractivity (Wildman–Crippen MR) is 89.5 cm³/mol. The molecule has 0 spiro atoms. The topological polar surface area (TPSA) is 19.0 Å². The highest BCUT2D eigenvalue weighted by Gasteiger charge is 2.06. The zero-order valence-corrected chi connectivity index (χ0v) is 12.8. The molecule has 1 heterocycles. The maximum Gasteiger partial charge on any atom is 0.0456 e. The zero-order chi connectivity index (χ0) is 14.7. The number of para-hydroxylation sites is 1. The third kappa shape index (κ3) is 3.17. The third-order valence-corrected chi connectivity index (χ3v) is 4.14. The molecule has 0 bridgehead atoms. The number of aromatic nitrogens is 1. The van der Waals surface area contributed by atoms with Crippen LogP contribution in [0.3, 0.4) is 0 Å². The Hall–Kier alpha value is -2.06. The molecule has 108 valence electrons. The van der Waals surface area contributed by atoms with Gasteiger partial charge in [0.25, 0.3) is 0 Å². The Morgan fingerprint density at radius 1 is 0.952 bits per heavy atom. The molecule has 2 nitrogen and oxygen atoms in total. The molecule has 1 aromatic heterocycles. The molecule has 0 saturated heterocycles. The molecule has 1 N–H and O–H groups in total. The van der Waals surface area contributed by atoms with Crippen LogP contribution in [-0.2, 0) is 13.0 Å². The van der Waals surface area contributed by atoms with Gasteiger partial charge in [-0.15, -0.1) is 0 Å². The molecule has 0 atom stereocenters. The van der Waals surface area contributed by atoms with E-state index >= 15 is 0 Å². The number of H-pyrrole nitrogens is 1. The monoisotopic (exact) mass is 278 g/mol. The second kappa shape index (κ2) is 6.15. The molecule has 3 rings (SSSR count). The van der Waals surface area contributed by atoms with Crippen molar-refractivity contribution in [2.45, 2.75) is 19.9 Å². The number of aryl methyl sites for hydroxylation is 1. The van der Waals surface area contributed by atoms with E-state index in [0.717, 1.165) is 19.5 Å². The lowest BCUT2D eigenvalue weighted by Gasteiger charge is -2.17. The Kier molecular flexibility index (Phi) is 4.07. The van der Waals surface area contributed by atoms with Gasteiger partial charge in [-0.3, -0.25) is 0 Å². The average molecular weight is 278 g/mol. The second-order valence-corrected chi connectivity index (χ2v) is 5.77. The number of benzene rings is 2. The van der Waals surface area contributed by atoms with E-state index in [-0.39, 0.29) is 0 Å². The minimum Gasteiger partial charge on any atom is -0.361 e. The highest BCUT2D eigenvalue weighted by Crippen LogP contribution is 2.18. The number of hydrogen-bond acceptors (Lipinski definition) is 1. The van der Waals surface area contributed by atoms with E-state index in [1.807, 2.05) is 0 Å². The predicted octanol–water partition coefficient (Wildman–Crippen LogP) is 4.15. The minimum absolute atomic E-state index is 1.01. The Balaban J connectivity index is 1.63. The van der Waals surface area contributed by atoms with Gasteiger partial charge >= 0.3 is 0 Å². The number of likely N-dealkylation sites (N-methyl/N-ethyl adjacent to an activating group) is 1. The molecule has 0 unspecified atom stereocenters. The first-order chi connectivity index (χ1) is 10.2. The Morgan fingerprint density at radius 2 is 1.71 bits per heavy atom. The normalized spacial score (nSPS) is 11.4. The standard InChI is InChI=1S/C19H22N2/c1-15-7-3-4-8-17(15)14-21(2)12-11-16-13-20-19-10-6-5-9-18(16)19/h3-10,13,20H,11-12,14H2,1-2H3. The van der Waals surface area contributed by atoms with Crippen LogP contribution < -0.4 is 0 Å². The summed E-state index contributed by atoms with van der Waals surface area (Å²) in [6.45, 7) is 4.26. The molecule has 0 aliphatic rings. The van der Waals surface area contributed by atoms with Crippen LogP contribution in [0.25, 0.3) is 10.9 Å². The lowest BCUT2D eigenvalue weighted by atomic mass is 10.1. The number of fused-ring (bicyclic) bond motifs is 1. The molecule has 0 fully saturated rings. The van der Waals surface area contributed by atoms with E-state index in [9.17, 15) is 0 Å². The molecule has 3 aromatic rings. The number of nitrogens with zero attached hydrogens (tertiary/aromatic N) is 1. The van der Waals surface area contributed by atoms with Gasteiger partial charge in [0.1, 0.15) is 0 Å². The summed E-state index contributed by atoms with van der Waals surface area (Å²) in [7, 11) is 2.20. The van der Waals surface area contributed by atoms with Gasteiger partial charge in [0, 0.05) is 30.2 Å². The van der Waals surface area contributed by atoms with E-state index in [4.69, 9.17) is 0 Å². The van der Waals surface area contributed by atoms with Crippen molar-refractivity contribution < 1.29 is 0 Å². The van der Waals surface area contributed by atoms with Crippen LogP contribution in [0.1, 0.15) is 16.7 Å². The van der Waals surface area contributed by atoms with E-state index in [2.05, 4.69) is 78.6 Å². The van der Waals surface area contributed by atoms with E-state index in [1.165, 1.54) is 27.6 Å². The molecule has 21 heavy (non-hydrogen) atoms. The zero-order valence-electron chi connectivity index (χ0n) is 12.8. The van der Waals surface area contributed by atoms with E-state index < -0.39 is 0 Å². The van der Waals surface area contributed by atoms with Gasteiger partial charge in [0.15, 0.2) is 0 Å². The highest BCUT2D eigenvalue weighted by molar-refractivity contribution is 5.83. The summed E-state index contributed by atoms with van der Waals surface area (Å²) in [6, 6.07) is 17.1. The first-order valence-corrected chi connectivity index (χ1v) is 7.52. The fourth-order valence-electron chi connectivity index (χ4n) is 2.81. The van der Waals surface area contributed by atoms with Gasteiger partial charge < -0.3 is 9.88 Å². The van der Waals surface area contributed by atoms with Gasteiger partial charge in [-0.2, -0.15) is 0 Å². The second-order valence-electron chi connectivity index (χ2n) is 5.77. The first-order valence-electron chi connectivity index (χ1n) is 7.52. The van der Waals surface area contributed by atoms with Crippen LogP contribution in [0.4, 0.5) is 0 Å². The first kappa shape index (κ1) is 13.9. The van der Waals surface area contributed by atoms with Crippen molar-refractivity contribution in [1.29, 1.82) is 0 Å². The quantitative estimate of drug-likeness (QED) is 0.743. The van der Waals surface area contributed by atoms with Crippen molar-refractivity contribution in [2.24, 2.45) is 0 Å². The van der Waals surface area contributed by atoms with Crippen molar-refractivity contribution in [2.75, 3.05) is 13.6 Å². The van der Waals surface area contributed by atoms with Crippen LogP contribution in [0, 0.1) is 6.92 Å². The van der Waals surface area contributed by atoms with Crippen LogP contribution >= 0.6 is 0 Å². The summed E-state index contributed by atoms with van der Waals surface area (Å²) in [5.41, 5.74) is 5.42. The number of nitrogens with one attached hydrogen (secondary N) is 1. The highest BCUT2D eigenvalue weighted by atomic mass is 15.1. The van der Waals surface area contributed by atoms with E-state index in [1.54, 1.807) is 0 Å². The van der Waals surface area contributed by atoms with Gasteiger partial charge in [-0.25, -0.2) is 0 Å². The Morgan fingerprint density at radius 3 is 2.57 bits per heavy atom. The summed E-state index contributed by atoms with van der Waals surface area (Å²) in [4.78, 5) is 5.75. The van der Waals surface area contributed by atoms with Crippen molar-refractivity contribution >= 4 is 10.9 Å². The average Bonchev–Trinajstić information content (AvgIpc) is 2.91. The minimum atomic E-state index is 1.01. The van der Waals surface area contributed by atoms with Crippen LogP contribution in [0.2, 0.25) is 0 Å². The summed E-state index contributed by atoms with van der Waals surface area (Å²) in [6.07, 6.45) is 3.22. The molecular weight excluding hydrogens is 256 g/mol. The molecule has 0 aliphatic heterocycles. The summed E-state index contributed by atoms with van der Waals surface area (Å²) >= 11 is 0. The van der Waals surface area contributed by atoms with Crippen molar-refractivity contribution in [3.63, 3.8) is 0 Å². The smallest absolute Gasteiger partial charge is 0.0456 e. The van der Waals surface area contributed by atoms with Crippen molar-refractivity contribution in [3.05, 3.63) is 71.4 Å². The lowest BCUT2D eigenvalue weighted by molar-refractivity contribution is 0.331. The maximum atomic E-state index is 3.35. The maximum absolute atomic E-state index is 3.35. The fraction of sp³-hybridized carbons (Fsp3) is 0.263. The van der Waals surface area contributed by atoms with Gasteiger partial charge in [0.2, 0.25) is 0 Å². The molecule has 0 aliphatic carbocycles. The molecule has 2 aromatic carbocycles. The molecule has 0 radical (unpaired) electrons. The molecule has 0 saturated carbocycles. The number of hydrogen-bond donors (Lipinski definition) is 1. The lowest BCUT2D eigenvalue weighted by Crippen LogP contribution is -2.21. The summed E-state index contributed by atoms with van der Waals surface area (Å²) < 4.78 is 0. The number of aromatic amines is 1. The van der Waals surface area contributed by atoms with Crippen LogP contribution in [0.15, 0.2) is 54.7 Å². The molecule has 0 amide bonds. The molecule has 2 heteroatoms. The SMILES string of the molecule is Cc1ccccc1CN(C)CCc1c[nH]c2ccccc12. The van der Waals surface area contributed by atoms with Gasteiger partial charge in [0.05, 0.1) is 0 Å². The van der Waals surface area contributed by atoms with Gasteiger partial charge in [-0.05, 0) is 43.1 Å². The van der Waals surface area contributed by atoms with Gasteiger partial charge in [-0.1, -0.05) is 42.5 Å². The third-order valence-electron chi connectivity index (χ3n) is 4.14. The largest absolute Gasteiger partial charge is 0.361 e. The summed E-state index contributed by atoms with van der Waals surface area (Å²) in [5.74, 6) is 0. The Labute approximate surface area is 126 Å². The Bertz CT molecular complexity index is 727. The van der Waals surface area contributed by atoms with Crippen molar-refractivity contribution in [1.82, 2.24) is 9.88 Å². The van der Waals surface area contributed by atoms with Crippen LogP contribution in [-0.4, -0.2) is 23.5 Å².